The Bertz CT molecular complexity index is 607. The maximum Gasteiger partial charge on any atom is 0.250 e. The third-order valence-corrected chi connectivity index (χ3v) is 3.11. The van der Waals surface area contributed by atoms with Crippen LogP contribution in [0.5, 0.6) is 0 Å². The van der Waals surface area contributed by atoms with E-state index in [1.165, 1.54) is 10.6 Å². The van der Waals surface area contributed by atoms with Gasteiger partial charge in [-0.25, -0.2) is 0 Å². The van der Waals surface area contributed by atoms with E-state index in [2.05, 4.69) is 0 Å². The van der Waals surface area contributed by atoms with Crippen molar-refractivity contribution in [3.63, 3.8) is 0 Å². The molecule has 1 aromatic heterocycles. The number of aromatic nitrogens is 1. The van der Waals surface area contributed by atoms with Crippen molar-refractivity contribution in [2.45, 2.75) is 6.54 Å². The van der Waals surface area contributed by atoms with Crippen LogP contribution in [-0.4, -0.2) is 4.57 Å². The van der Waals surface area contributed by atoms with E-state index in [0.29, 0.717) is 21.6 Å². The van der Waals surface area contributed by atoms with E-state index in [1.54, 1.807) is 30.5 Å². The molecule has 5 heteroatoms. The van der Waals surface area contributed by atoms with Crippen molar-refractivity contribution >= 4 is 34.8 Å². The molecule has 0 atom stereocenters. The summed E-state index contributed by atoms with van der Waals surface area (Å²) in [6.07, 6.45) is 1.58. The zero-order valence-electron chi connectivity index (χ0n) is 8.66. The summed E-state index contributed by atoms with van der Waals surface area (Å²) in [6, 6.07) is 8.15. The van der Waals surface area contributed by atoms with E-state index in [4.69, 9.17) is 34.8 Å². The lowest BCUT2D eigenvalue weighted by molar-refractivity contribution is 0.760. The fraction of sp³-hybridized carbons (Fsp3) is 0.0833. The van der Waals surface area contributed by atoms with Gasteiger partial charge in [0, 0.05) is 22.3 Å². The minimum Gasteiger partial charge on any atom is -0.310 e. The molecule has 0 radical (unpaired) electrons. The molecule has 0 bridgehead atoms. The van der Waals surface area contributed by atoms with Crippen LogP contribution in [0.15, 0.2) is 41.3 Å². The van der Waals surface area contributed by atoms with Gasteiger partial charge in [0.2, 0.25) is 0 Å². The van der Waals surface area contributed by atoms with Crippen LogP contribution in [0.4, 0.5) is 0 Å². The molecule has 88 valence electrons. The Morgan fingerprint density at radius 2 is 1.71 bits per heavy atom. The summed E-state index contributed by atoms with van der Waals surface area (Å²) in [5, 5.41) is 1.61. The normalized spacial score (nSPS) is 10.5. The van der Waals surface area contributed by atoms with Crippen molar-refractivity contribution < 1.29 is 0 Å². The first-order valence-corrected chi connectivity index (χ1v) is 5.99. The summed E-state index contributed by atoms with van der Waals surface area (Å²) in [4.78, 5) is 11.6. The van der Waals surface area contributed by atoms with Crippen LogP contribution >= 0.6 is 34.8 Å². The lowest BCUT2D eigenvalue weighted by Gasteiger charge is -2.08. The molecule has 0 aliphatic rings. The molecule has 0 N–H and O–H groups in total. The third-order valence-electron chi connectivity index (χ3n) is 2.30. The summed E-state index contributed by atoms with van der Waals surface area (Å²) in [6.45, 7) is 0.370. The molecule has 17 heavy (non-hydrogen) atoms. The lowest BCUT2D eigenvalue weighted by Crippen LogP contribution is -2.18. The summed E-state index contributed by atoms with van der Waals surface area (Å²) >= 11 is 17.7. The topological polar surface area (TPSA) is 22.0 Å². The first-order valence-electron chi connectivity index (χ1n) is 4.86. The zero-order chi connectivity index (χ0) is 12.4. The number of hydrogen-bond acceptors (Lipinski definition) is 1. The Labute approximate surface area is 113 Å². The van der Waals surface area contributed by atoms with Crippen LogP contribution in [0.3, 0.4) is 0 Å². The second-order valence-corrected chi connectivity index (χ2v) is 4.83. The van der Waals surface area contributed by atoms with Gasteiger partial charge in [-0.1, -0.05) is 40.9 Å². The standard InChI is InChI=1S/C12H8Cl3NO/c13-9-2-1-8(11(15)5-9)6-16-7-10(14)3-4-12(16)17/h1-5,7H,6H2. The summed E-state index contributed by atoms with van der Waals surface area (Å²) < 4.78 is 1.50. The predicted octanol–water partition coefficient (Wildman–Crippen LogP) is 3.86. The maximum atomic E-state index is 11.6. The van der Waals surface area contributed by atoms with Gasteiger partial charge in [0.1, 0.15) is 0 Å². The van der Waals surface area contributed by atoms with Crippen LogP contribution < -0.4 is 5.56 Å². The fourth-order valence-corrected chi connectivity index (χ4v) is 2.11. The Balaban J connectivity index is 2.38. The lowest BCUT2D eigenvalue weighted by atomic mass is 10.2. The molecular weight excluding hydrogens is 280 g/mol. The highest BCUT2D eigenvalue weighted by Crippen LogP contribution is 2.21. The zero-order valence-corrected chi connectivity index (χ0v) is 10.9. The van der Waals surface area contributed by atoms with Gasteiger partial charge in [0.15, 0.2) is 0 Å². The molecule has 0 spiro atoms. The maximum absolute atomic E-state index is 11.6. The summed E-state index contributed by atoms with van der Waals surface area (Å²) in [5.41, 5.74) is 0.695. The molecule has 0 saturated heterocycles. The number of nitrogens with zero attached hydrogens (tertiary/aromatic N) is 1. The van der Waals surface area contributed by atoms with E-state index in [0.717, 1.165) is 5.56 Å². The Morgan fingerprint density at radius 3 is 2.41 bits per heavy atom. The monoisotopic (exact) mass is 287 g/mol. The first kappa shape index (κ1) is 12.5. The predicted molar refractivity (Wildman–Crippen MR) is 71.3 cm³/mol. The second-order valence-electron chi connectivity index (χ2n) is 3.55. The Morgan fingerprint density at radius 1 is 1.00 bits per heavy atom. The Hall–Kier alpha value is -0.960. The van der Waals surface area contributed by atoms with Crippen molar-refractivity contribution in [2.24, 2.45) is 0 Å². The fourth-order valence-electron chi connectivity index (χ4n) is 1.46. The number of pyridine rings is 1. The molecule has 0 fully saturated rings. The van der Waals surface area contributed by atoms with Gasteiger partial charge in [-0.15, -0.1) is 0 Å². The molecule has 2 nitrogen and oxygen atoms in total. The highest BCUT2D eigenvalue weighted by molar-refractivity contribution is 6.35. The quantitative estimate of drug-likeness (QED) is 0.822. The molecular formula is C12H8Cl3NO. The molecule has 1 aromatic carbocycles. The second kappa shape index (κ2) is 5.13. The molecule has 0 aliphatic carbocycles. The molecule has 1 heterocycles. The number of hydrogen-bond donors (Lipinski definition) is 0. The van der Waals surface area contributed by atoms with Crippen LogP contribution in [0.2, 0.25) is 15.1 Å². The van der Waals surface area contributed by atoms with Gasteiger partial charge in [-0.3, -0.25) is 4.79 Å². The molecule has 0 unspecified atom stereocenters. The van der Waals surface area contributed by atoms with E-state index < -0.39 is 0 Å². The summed E-state index contributed by atoms with van der Waals surface area (Å²) in [7, 11) is 0. The van der Waals surface area contributed by atoms with Gasteiger partial charge in [0.05, 0.1) is 11.6 Å². The largest absolute Gasteiger partial charge is 0.310 e. The number of halogens is 3. The van der Waals surface area contributed by atoms with Crippen molar-refractivity contribution in [3.05, 3.63) is 67.5 Å². The van der Waals surface area contributed by atoms with Gasteiger partial charge >= 0.3 is 0 Å². The number of benzene rings is 1. The van der Waals surface area contributed by atoms with Gasteiger partial charge in [0.25, 0.3) is 5.56 Å². The first-order chi connectivity index (χ1) is 8.06. The van der Waals surface area contributed by atoms with Crippen molar-refractivity contribution in [2.75, 3.05) is 0 Å². The van der Waals surface area contributed by atoms with E-state index >= 15 is 0 Å². The van der Waals surface area contributed by atoms with E-state index in [1.807, 2.05) is 0 Å². The minimum atomic E-state index is -0.125. The molecule has 2 rings (SSSR count). The molecule has 0 aliphatic heterocycles. The average Bonchev–Trinajstić information content (AvgIpc) is 2.27. The van der Waals surface area contributed by atoms with E-state index in [-0.39, 0.29) is 5.56 Å². The smallest absolute Gasteiger partial charge is 0.250 e. The SMILES string of the molecule is O=c1ccc(Cl)cn1Cc1ccc(Cl)cc1Cl. The Kier molecular flexibility index (Phi) is 3.77. The minimum absolute atomic E-state index is 0.125. The van der Waals surface area contributed by atoms with Crippen LogP contribution in [0, 0.1) is 0 Å². The van der Waals surface area contributed by atoms with Crippen molar-refractivity contribution in [3.8, 4) is 0 Å². The third kappa shape index (κ3) is 3.03. The van der Waals surface area contributed by atoms with Gasteiger partial charge in [-0.05, 0) is 23.8 Å². The van der Waals surface area contributed by atoms with Crippen LogP contribution in [0.1, 0.15) is 5.56 Å². The molecule has 0 amide bonds. The molecule has 2 aromatic rings. The molecule has 0 saturated carbocycles. The van der Waals surface area contributed by atoms with Crippen LogP contribution in [-0.2, 0) is 6.54 Å². The van der Waals surface area contributed by atoms with Gasteiger partial charge in [-0.2, -0.15) is 0 Å². The highest BCUT2D eigenvalue weighted by Gasteiger charge is 2.04. The van der Waals surface area contributed by atoms with Crippen molar-refractivity contribution in [1.82, 2.24) is 4.57 Å². The average molecular weight is 289 g/mol. The summed E-state index contributed by atoms with van der Waals surface area (Å²) in [5.74, 6) is 0. The van der Waals surface area contributed by atoms with Gasteiger partial charge < -0.3 is 4.57 Å². The number of rotatable bonds is 2. The van der Waals surface area contributed by atoms with E-state index in [9.17, 15) is 4.79 Å². The highest BCUT2D eigenvalue weighted by atomic mass is 35.5. The van der Waals surface area contributed by atoms with Crippen LogP contribution in [0.25, 0.3) is 0 Å². The van der Waals surface area contributed by atoms with Crippen molar-refractivity contribution in [1.29, 1.82) is 0 Å².